The number of H-pyrrole nitrogens is 1. The van der Waals surface area contributed by atoms with Crippen molar-refractivity contribution in [2.24, 2.45) is 0 Å². The largest absolute Gasteiger partial charge is 0.398 e. The Morgan fingerprint density at radius 3 is 3.00 bits per heavy atom. The summed E-state index contributed by atoms with van der Waals surface area (Å²) < 4.78 is 13.2. The van der Waals surface area contributed by atoms with Crippen LogP contribution in [0.4, 0.5) is 10.1 Å². The Kier molecular flexibility index (Phi) is 2.01. The first-order chi connectivity index (χ1) is 8.24. The number of halogens is 1. The number of nitrogens with one attached hydrogen (secondary N) is 1. The van der Waals surface area contributed by atoms with Gasteiger partial charge in [-0.25, -0.2) is 19.3 Å². The zero-order chi connectivity index (χ0) is 11.8. The molecule has 0 fully saturated rings. The molecule has 0 saturated carbocycles. The summed E-state index contributed by atoms with van der Waals surface area (Å²) in [5, 5.41) is 0. The number of benzene rings is 1. The van der Waals surface area contributed by atoms with E-state index in [1.807, 2.05) is 0 Å². The van der Waals surface area contributed by atoms with Gasteiger partial charge in [0.25, 0.3) is 0 Å². The number of rotatable bonds is 1. The fraction of sp³-hybridized carbons (Fsp3) is 0. The first kappa shape index (κ1) is 9.71. The van der Waals surface area contributed by atoms with Gasteiger partial charge in [0.05, 0.1) is 6.20 Å². The van der Waals surface area contributed by atoms with E-state index in [1.54, 1.807) is 6.20 Å². The number of hydrogen-bond acceptors (Lipinski definition) is 4. The molecule has 0 spiro atoms. The van der Waals surface area contributed by atoms with E-state index in [-0.39, 0.29) is 5.82 Å². The van der Waals surface area contributed by atoms with Gasteiger partial charge in [0.1, 0.15) is 23.5 Å². The molecule has 0 saturated heterocycles. The summed E-state index contributed by atoms with van der Waals surface area (Å²) in [6.07, 6.45) is 3.01. The van der Waals surface area contributed by atoms with Crippen molar-refractivity contribution in [3.8, 4) is 11.4 Å². The van der Waals surface area contributed by atoms with Crippen LogP contribution in [0.5, 0.6) is 0 Å². The van der Waals surface area contributed by atoms with Crippen LogP contribution in [0.3, 0.4) is 0 Å². The number of nitrogens with zero attached hydrogens (tertiary/aromatic N) is 3. The lowest BCUT2D eigenvalue weighted by Crippen LogP contribution is -1.92. The molecule has 3 N–H and O–H groups in total. The molecule has 3 rings (SSSR count). The Balaban J connectivity index is 2.23. The fourth-order valence-electron chi connectivity index (χ4n) is 1.62. The minimum atomic E-state index is -0.360. The SMILES string of the molecule is Nc1ccc(F)cc1-c1nc2ncncc2[nH]1. The number of nitrogens with two attached hydrogens (primary N) is 1. The van der Waals surface area contributed by atoms with Crippen molar-refractivity contribution in [2.45, 2.75) is 0 Å². The highest BCUT2D eigenvalue weighted by molar-refractivity contribution is 5.79. The molecule has 17 heavy (non-hydrogen) atoms. The van der Waals surface area contributed by atoms with Gasteiger partial charge in [-0.15, -0.1) is 0 Å². The van der Waals surface area contributed by atoms with E-state index >= 15 is 0 Å². The standard InChI is InChI=1S/C11H8FN5/c12-6-1-2-8(13)7(3-6)10-16-9-4-14-5-15-11(9)17-10/h1-5H,13H2,(H,14,15,16,17). The van der Waals surface area contributed by atoms with Crippen molar-refractivity contribution in [1.29, 1.82) is 0 Å². The van der Waals surface area contributed by atoms with Crippen LogP contribution < -0.4 is 5.73 Å². The first-order valence-electron chi connectivity index (χ1n) is 4.95. The third-order valence-electron chi connectivity index (χ3n) is 2.43. The average Bonchev–Trinajstić information content (AvgIpc) is 2.75. The summed E-state index contributed by atoms with van der Waals surface area (Å²) in [5.74, 6) is 0.123. The van der Waals surface area contributed by atoms with Crippen LogP contribution in [-0.4, -0.2) is 19.9 Å². The number of aromatic amines is 1. The van der Waals surface area contributed by atoms with Crippen molar-refractivity contribution in [1.82, 2.24) is 19.9 Å². The lowest BCUT2D eigenvalue weighted by Gasteiger charge is -2.01. The lowest BCUT2D eigenvalue weighted by molar-refractivity contribution is 0.628. The van der Waals surface area contributed by atoms with Crippen LogP contribution in [0.2, 0.25) is 0 Å². The van der Waals surface area contributed by atoms with Crippen molar-refractivity contribution in [3.05, 3.63) is 36.5 Å². The molecular weight excluding hydrogens is 221 g/mol. The lowest BCUT2D eigenvalue weighted by atomic mass is 10.1. The molecule has 0 amide bonds. The molecule has 5 nitrogen and oxygen atoms in total. The normalized spacial score (nSPS) is 10.9. The number of nitrogen functional groups attached to an aromatic ring is 1. The van der Waals surface area contributed by atoms with E-state index in [4.69, 9.17) is 5.73 Å². The minimum Gasteiger partial charge on any atom is -0.398 e. The van der Waals surface area contributed by atoms with E-state index < -0.39 is 0 Å². The molecule has 0 radical (unpaired) electrons. The average molecular weight is 229 g/mol. The van der Waals surface area contributed by atoms with Crippen LogP contribution in [0.15, 0.2) is 30.7 Å². The first-order valence-corrected chi connectivity index (χ1v) is 4.95. The van der Waals surface area contributed by atoms with E-state index in [2.05, 4.69) is 19.9 Å². The van der Waals surface area contributed by atoms with Gasteiger partial charge in [0.2, 0.25) is 0 Å². The molecule has 2 aromatic heterocycles. The quantitative estimate of drug-likeness (QED) is 0.623. The number of aromatic nitrogens is 4. The molecule has 0 aliphatic heterocycles. The van der Waals surface area contributed by atoms with Gasteiger partial charge in [-0.3, -0.25) is 0 Å². The number of fused-ring (bicyclic) bond motifs is 1. The van der Waals surface area contributed by atoms with Crippen molar-refractivity contribution < 1.29 is 4.39 Å². The Bertz CT molecular complexity index is 658. The third-order valence-corrected chi connectivity index (χ3v) is 2.43. The zero-order valence-corrected chi connectivity index (χ0v) is 8.68. The van der Waals surface area contributed by atoms with Crippen LogP contribution in [0.1, 0.15) is 0 Å². The van der Waals surface area contributed by atoms with Crippen LogP contribution in [0.25, 0.3) is 22.6 Å². The molecule has 0 bridgehead atoms. The minimum absolute atomic E-state index is 0.360. The van der Waals surface area contributed by atoms with E-state index in [1.165, 1.54) is 24.5 Å². The predicted molar refractivity (Wildman–Crippen MR) is 61.5 cm³/mol. The molecule has 1 aromatic carbocycles. The highest BCUT2D eigenvalue weighted by Gasteiger charge is 2.09. The van der Waals surface area contributed by atoms with Gasteiger partial charge in [-0.1, -0.05) is 0 Å². The highest BCUT2D eigenvalue weighted by Crippen LogP contribution is 2.25. The van der Waals surface area contributed by atoms with E-state index in [0.717, 1.165) is 0 Å². The maximum absolute atomic E-state index is 13.2. The third kappa shape index (κ3) is 1.59. The Morgan fingerprint density at radius 1 is 1.29 bits per heavy atom. The van der Waals surface area contributed by atoms with Gasteiger partial charge < -0.3 is 10.7 Å². The molecule has 0 aliphatic carbocycles. The van der Waals surface area contributed by atoms with Gasteiger partial charge in [-0.05, 0) is 18.2 Å². The van der Waals surface area contributed by atoms with Gasteiger partial charge in [-0.2, -0.15) is 0 Å². The van der Waals surface area contributed by atoms with Crippen molar-refractivity contribution in [2.75, 3.05) is 5.73 Å². The molecule has 2 heterocycles. The molecule has 0 unspecified atom stereocenters. The summed E-state index contributed by atoms with van der Waals surface area (Å²) in [4.78, 5) is 15.1. The molecular formula is C11H8FN5. The summed E-state index contributed by atoms with van der Waals surface area (Å²) >= 11 is 0. The summed E-state index contributed by atoms with van der Waals surface area (Å²) in [5.41, 5.74) is 7.97. The maximum atomic E-state index is 13.2. The Hall–Kier alpha value is -2.50. The molecule has 6 heteroatoms. The second-order valence-corrected chi connectivity index (χ2v) is 3.58. The fourth-order valence-corrected chi connectivity index (χ4v) is 1.62. The van der Waals surface area contributed by atoms with Gasteiger partial charge in [0, 0.05) is 11.3 Å². The van der Waals surface area contributed by atoms with Crippen molar-refractivity contribution >= 4 is 16.9 Å². The number of imidazole rings is 1. The smallest absolute Gasteiger partial charge is 0.181 e. The molecule has 0 atom stereocenters. The van der Waals surface area contributed by atoms with Crippen LogP contribution in [0, 0.1) is 5.82 Å². The van der Waals surface area contributed by atoms with Gasteiger partial charge in [0.15, 0.2) is 5.65 Å². The van der Waals surface area contributed by atoms with Crippen LogP contribution in [-0.2, 0) is 0 Å². The van der Waals surface area contributed by atoms with E-state index in [0.29, 0.717) is 28.2 Å². The van der Waals surface area contributed by atoms with E-state index in [9.17, 15) is 4.39 Å². The van der Waals surface area contributed by atoms with Crippen LogP contribution >= 0.6 is 0 Å². The maximum Gasteiger partial charge on any atom is 0.181 e. The summed E-state index contributed by atoms with van der Waals surface area (Å²) in [7, 11) is 0. The molecule has 0 aliphatic rings. The summed E-state index contributed by atoms with van der Waals surface area (Å²) in [6, 6.07) is 4.14. The Morgan fingerprint density at radius 2 is 2.18 bits per heavy atom. The second-order valence-electron chi connectivity index (χ2n) is 3.58. The molecule has 3 aromatic rings. The zero-order valence-electron chi connectivity index (χ0n) is 8.68. The highest BCUT2D eigenvalue weighted by atomic mass is 19.1. The monoisotopic (exact) mass is 229 g/mol. The number of anilines is 1. The predicted octanol–water partition coefficient (Wildman–Crippen LogP) is 1.74. The summed E-state index contributed by atoms with van der Waals surface area (Å²) in [6.45, 7) is 0. The number of hydrogen-bond donors (Lipinski definition) is 2. The van der Waals surface area contributed by atoms with Crippen molar-refractivity contribution in [3.63, 3.8) is 0 Å². The molecule has 84 valence electrons. The Labute approximate surface area is 95.5 Å². The van der Waals surface area contributed by atoms with Gasteiger partial charge >= 0.3 is 0 Å². The topological polar surface area (TPSA) is 80.5 Å². The second kappa shape index (κ2) is 3.51.